The molecular weight excluding hydrogens is 495 g/mol. The number of carbonyl (C=O) groups is 3. The van der Waals surface area contributed by atoms with Crippen molar-refractivity contribution < 1.29 is 18.8 Å². The van der Waals surface area contributed by atoms with Crippen molar-refractivity contribution >= 4 is 29.1 Å². The second-order valence-corrected chi connectivity index (χ2v) is 9.63. The van der Waals surface area contributed by atoms with Crippen LogP contribution in [0.3, 0.4) is 0 Å². The van der Waals surface area contributed by atoms with Crippen LogP contribution in [0.4, 0.5) is 15.8 Å². The molecule has 3 aromatic rings. The van der Waals surface area contributed by atoms with Gasteiger partial charge in [-0.1, -0.05) is 56.3 Å². The number of nitrogens with zero attached hydrogens (tertiary/aromatic N) is 2. The van der Waals surface area contributed by atoms with Gasteiger partial charge in [-0.05, 0) is 47.9 Å². The fraction of sp³-hybridized carbons (Fsp3) is 0.323. The maximum Gasteiger partial charge on any atom is 0.253 e. The Kier molecular flexibility index (Phi) is 9.31. The third kappa shape index (κ3) is 7.02. The van der Waals surface area contributed by atoms with Crippen molar-refractivity contribution in [2.45, 2.75) is 39.2 Å². The zero-order valence-corrected chi connectivity index (χ0v) is 22.5. The Morgan fingerprint density at radius 2 is 1.59 bits per heavy atom. The zero-order chi connectivity index (χ0) is 27.8. The molecule has 1 fully saturated rings. The summed E-state index contributed by atoms with van der Waals surface area (Å²) < 4.78 is 13.3. The van der Waals surface area contributed by atoms with E-state index in [1.54, 1.807) is 31.2 Å². The molecule has 1 aliphatic rings. The van der Waals surface area contributed by atoms with Crippen molar-refractivity contribution in [2.75, 3.05) is 36.4 Å². The molecule has 4 rings (SSSR count). The van der Waals surface area contributed by atoms with Crippen LogP contribution in [0, 0.1) is 5.82 Å². The largest absolute Gasteiger partial charge is 0.367 e. The Bertz CT molecular complexity index is 1290. The summed E-state index contributed by atoms with van der Waals surface area (Å²) in [5.41, 5.74) is 3.51. The van der Waals surface area contributed by atoms with Crippen molar-refractivity contribution in [3.05, 3.63) is 95.3 Å². The number of nitrogens with one attached hydrogen (secondary N) is 2. The molecular formula is C31H35FN4O3. The lowest BCUT2D eigenvalue weighted by molar-refractivity contribution is -0.133. The number of rotatable bonds is 9. The Labute approximate surface area is 229 Å². The van der Waals surface area contributed by atoms with E-state index in [0.29, 0.717) is 43.9 Å². The molecule has 0 radical (unpaired) electrons. The first kappa shape index (κ1) is 27.8. The van der Waals surface area contributed by atoms with Gasteiger partial charge in [-0.3, -0.25) is 14.4 Å². The van der Waals surface area contributed by atoms with Gasteiger partial charge in [-0.2, -0.15) is 0 Å². The van der Waals surface area contributed by atoms with E-state index in [2.05, 4.69) is 15.5 Å². The second kappa shape index (κ2) is 13.0. The molecule has 0 aliphatic carbocycles. The lowest BCUT2D eigenvalue weighted by Gasteiger charge is -2.38. The van der Waals surface area contributed by atoms with E-state index in [4.69, 9.17) is 0 Å². The molecule has 1 atom stereocenters. The Hall–Kier alpha value is -4.20. The summed E-state index contributed by atoms with van der Waals surface area (Å²) in [6.07, 6.45) is 1.05. The van der Waals surface area contributed by atoms with E-state index >= 15 is 0 Å². The molecule has 0 bridgehead atoms. The summed E-state index contributed by atoms with van der Waals surface area (Å²) in [5.74, 6) is -0.823. The van der Waals surface area contributed by atoms with Crippen LogP contribution < -0.4 is 15.5 Å². The molecule has 0 saturated carbocycles. The fourth-order valence-electron chi connectivity index (χ4n) is 4.83. The van der Waals surface area contributed by atoms with Crippen molar-refractivity contribution in [3.63, 3.8) is 0 Å². The maximum absolute atomic E-state index is 13.3. The molecule has 39 heavy (non-hydrogen) atoms. The van der Waals surface area contributed by atoms with Gasteiger partial charge < -0.3 is 20.4 Å². The Morgan fingerprint density at radius 1 is 0.897 bits per heavy atom. The predicted molar refractivity (Wildman–Crippen MR) is 151 cm³/mol. The number of piperazine rings is 1. The van der Waals surface area contributed by atoms with E-state index in [1.165, 1.54) is 12.1 Å². The summed E-state index contributed by atoms with van der Waals surface area (Å²) in [5, 5.41) is 5.73. The normalized spacial score (nSPS) is 14.0. The van der Waals surface area contributed by atoms with Gasteiger partial charge in [-0.15, -0.1) is 0 Å². The van der Waals surface area contributed by atoms with E-state index in [1.807, 2.05) is 48.2 Å². The fourth-order valence-corrected chi connectivity index (χ4v) is 4.83. The van der Waals surface area contributed by atoms with E-state index in [0.717, 1.165) is 23.2 Å². The number of amides is 3. The molecule has 1 heterocycles. The molecule has 3 amide bonds. The number of carbonyl (C=O) groups excluding carboxylic acids is 3. The highest BCUT2D eigenvalue weighted by Crippen LogP contribution is 2.28. The topological polar surface area (TPSA) is 81.8 Å². The minimum atomic E-state index is -0.335. The van der Waals surface area contributed by atoms with Gasteiger partial charge in [0.2, 0.25) is 11.8 Å². The average molecular weight is 531 g/mol. The maximum atomic E-state index is 13.3. The minimum absolute atomic E-state index is 0.123. The van der Waals surface area contributed by atoms with E-state index in [-0.39, 0.29) is 36.0 Å². The first-order chi connectivity index (χ1) is 18.9. The first-order valence-electron chi connectivity index (χ1n) is 13.4. The van der Waals surface area contributed by atoms with Gasteiger partial charge in [0.25, 0.3) is 5.91 Å². The highest BCUT2D eigenvalue weighted by Gasteiger charge is 2.29. The first-order valence-corrected chi connectivity index (χ1v) is 13.4. The molecule has 0 aromatic heterocycles. The van der Waals surface area contributed by atoms with Crippen molar-refractivity contribution in [1.82, 2.24) is 10.2 Å². The third-order valence-electron chi connectivity index (χ3n) is 7.05. The van der Waals surface area contributed by atoms with Gasteiger partial charge >= 0.3 is 0 Å². The van der Waals surface area contributed by atoms with Crippen LogP contribution in [0.25, 0.3) is 0 Å². The molecule has 2 N–H and O–H groups in total. The van der Waals surface area contributed by atoms with Crippen LogP contribution in [0.2, 0.25) is 0 Å². The summed E-state index contributed by atoms with van der Waals surface area (Å²) in [6, 6.07) is 21.1. The van der Waals surface area contributed by atoms with Crippen molar-refractivity contribution in [3.8, 4) is 0 Å². The van der Waals surface area contributed by atoms with Crippen LogP contribution in [0.15, 0.2) is 72.8 Å². The predicted octanol–water partition coefficient (Wildman–Crippen LogP) is 4.95. The zero-order valence-electron chi connectivity index (χ0n) is 22.5. The number of hydrogen-bond donors (Lipinski definition) is 2. The quantitative estimate of drug-likeness (QED) is 0.410. The van der Waals surface area contributed by atoms with Gasteiger partial charge in [0.1, 0.15) is 5.82 Å². The van der Waals surface area contributed by atoms with Gasteiger partial charge in [0.05, 0.1) is 11.5 Å². The molecule has 1 saturated heterocycles. The van der Waals surface area contributed by atoms with Crippen LogP contribution >= 0.6 is 0 Å². The summed E-state index contributed by atoms with van der Waals surface area (Å²) in [6.45, 7) is 6.29. The Morgan fingerprint density at radius 3 is 2.23 bits per heavy atom. The number of anilines is 2. The SMILES string of the molecule is CCC(=O)Nc1ccc(N2CCN(C(=O)C(CC)c3ccccc3)CC2)c(C(=O)NCc2ccc(F)cc2)c1. The third-order valence-corrected chi connectivity index (χ3v) is 7.05. The van der Waals surface area contributed by atoms with Crippen LogP contribution in [-0.4, -0.2) is 48.8 Å². The molecule has 7 nitrogen and oxygen atoms in total. The standard InChI is InChI=1S/C31H35FN4O3/c1-3-26(23-8-6-5-7-9-23)31(39)36-18-16-35(17-19-36)28-15-14-25(34-29(37)4-2)20-27(28)30(38)33-21-22-10-12-24(32)13-11-22/h5-15,20,26H,3-4,16-19,21H2,1-2H3,(H,33,38)(H,34,37). The van der Waals surface area contributed by atoms with Crippen molar-refractivity contribution in [2.24, 2.45) is 0 Å². The highest BCUT2D eigenvalue weighted by molar-refractivity contribution is 6.02. The van der Waals surface area contributed by atoms with Crippen molar-refractivity contribution in [1.29, 1.82) is 0 Å². The average Bonchev–Trinajstić information content (AvgIpc) is 2.97. The Balaban J connectivity index is 1.49. The van der Waals surface area contributed by atoms with Gasteiger partial charge in [-0.25, -0.2) is 4.39 Å². The minimum Gasteiger partial charge on any atom is -0.367 e. The van der Waals surface area contributed by atoms with Crippen LogP contribution in [0.1, 0.15) is 54.1 Å². The smallest absolute Gasteiger partial charge is 0.253 e. The lowest BCUT2D eigenvalue weighted by Crippen LogP contribution is -2.50. The molecule has 3 aromatic carbocycles. The monoisotopic (exact) mass is 530 g/mol. The van der Waals surface area contributed by atoms with Crippen LogP contribution in [-0.2, 0) is 16.1 Å². The van der Waals surface area contributed by atoms with Crippen LogP contribution in [0.5, 0.6) is 0 Å². The summed E-state index contributed by atoms with van der Waals surface area (Å²) in [7, 11) is 0. The van der Waals surface area contributed by atoms with E-state index in [9.17, 15) is 18.8 Å². The molecule has 1 unspecified atom stereocenters. The molecule has 1 aliphatic heterocycles. The summed E-state index contributed by atoms with van der Waals surface area (Å²) in [4.78, 5) is 42.7. The number of benzene rings is 3. The van der Waals surface area contributed by atoms with Gasteiger partial charge in [0.15, 0.2) is 0 Å². The number of halogens is 1. The lowest BCUT2D eigenvalue weighted by atomic mass is 9.94. The molecule has 204 valence electrons. The van der Waals surface area contributed by atoms with E-state index < -0.39 is 0 Å². The molecule has 0 spiro atoms. The second-order valence-electron chi connectivity index (χ2n) is 9.63. The van der Waals surface area contributed by atoms with Gasteiger partial charge in [0, 0.05) is 50.5 Å². The number of hydrogen-bond acceptors (Lipinski definition) is 4. The highest BCUT2D eigenvalue weighted by atomic mass is 19.1. The molecule has 8 heteroatoms. The summed E-state index contributed by atoms with van der Waals surface area (Å²) >= 11 is 0.